The molecule has 1 aromatic rings. The van der Waals surface area contributed by atoms with Crippen molar-refractivity contribution in [2.45, 2.75) is 53.2 Å². The Kier molecular flexibility index (Phi) is 4.97. The molecule has 0 atom stereocenters. The summed E-state index contributed by atoms with van der Waals surface area (Å²) in [6.45, 7) is 10.7. The Bertz CT molecular complexity index is 603. The van der Waals surface area contributed by atoms with Crippen LogP contribution in [0.1, 0.15) is 45.7 Å². The molecule has 5 nitrogen and oxygen atoms in total. The molecule has 126 valence electrons. The predicted octanol–water partition coefficient (Wildman–Crippen LogP) is 3.57. The van der Waals surface area contributed by atoms with Crippen molar-refractivity contribution >= 4 is 17.7 Å². The maximum absolute atomic E-state index is 12.2. The summed E-state index contributed by atoms with van der Waals surface area (Å²) in [7, 11) is 0. The first-order valence-electron chi connectivity index (χ1n) is 8.06. The first kappa shape index (κ1) is 17.3. The predicted molar refractivity (Wildman–Crippen MR) is 90.3 cm³/mol. The third-order valence-corrected chi connectivity index (χ3v) is 3.67. The number of nitrogens with zero attached hydrogens (tertiary/aromatic N) is 1. The molecule has 0 fully saturated rings. The molecule has 2 rings (SSSR count). The molecule has 1 aliphatic rings. The van der Waals surface area contributed by atoms with E-state index in [1.54, 1.807) is 0 Å². The van der Waals surface area contributed by atoms with Crippen molar-refractivity contribution in [3.8, 4) is 0 Å². The first-order chi connectivity index (χ1) is 10.7. The lowest BCUT2D eigenvalue weighted by Gasteiger charge is -2.30. The molecule has 1 N–H and O–H groups in total. The van der Waals surface area contributed by atoms with Gasteiger partial charge in [0.15, 0.2) is 0 Å². The van der Waals surface area contributed by atoms with Gasteiger partial charge in [-0.1, -0.05) is 19.9 Å². The summed E-state index contributed by atoms with van der Waals surface area (Å²) in [4.78, 5) is 25.9. The van der Waals surface area contributed by atoms with Gasteiger partial charge in [-0.25, -0.2) is 4.79 Å². The van der Waals surface area contributed by atoms with Gasteiger partial charge in [0.25, 0.3) is 0 Å². The molecule has 0 saturated carbocycles. The van der Waals surface area contributed by atoms with Crippen molar-refractivity contribution in [1.82, 2.24) is 4.90 Å². The maximum atomic E-state index is 12.2. The minimum absolute atomic E-state index is 0.000351. The highest BCUT2D eigenvalue weighted by Crippen LogP contribution is 2.24. The van der Waals surface area contributed by atoms with E-state index in [1.807, 2.05) is 57.7 Å². The van der Waals surface area contributed by atoms with E-state index in [4.69, 9.17) is 4.74 Å². The number of hydrogen-bond acceptors (Lipinski definition) is 3. The quantitative estimate of drug-likeness (QED) is 0.907. The van der Waals surface area contributed by atoms with Crippen LogP contribution < -0.4 is 5.32 Å². The van der Waals surface area contributed by atoms with E-state index in [9.17, 15) is 9.59 Å². The Labute approximate surface area is 138 Å². The Hall–Kier alpha value is -2.04. The lowest BCUT2D eigenvalue weighted by molar-refractivity contribution is -0.135. The molecule has 5 heteroatoms. The van der Waals surface area contributed by atoms with Gasteiger partial charge in [0.1, 0.15) is 5.60 Å². The van der Waals surface area contributed by atoms with Crippen LogP contribution in [-0.2, 0) is 22.5 Å². The molecular formula is C18H26N2O3. The Balaban J connectivity index is 2.09. The zero-order valence-corrected chi connectivity index (χ0v) is 14.6. The molecule has 0 bridgehead atoms. The largest absolute Gasteiger partial charge is 0.444 e. The monoisotopic (exact) mass is 318 g/mol. The normalized spacial score (nSPS) is 14.4. The molecule has 0 spiro atoms. The summed E-state index contributed by atoms with van der Waals surface area (Å²) in [5, 5.41) is 2.75. The van der Waals surface area contributed by atoms with Gasteiger partial charge in [0.05, 0.1) is 0 Å². The maximum Gasteiger partial charge on any atom is 0.412 e. The lowest BCUT2D eigenvalue weighted by Crippen LogP contribution is -2.38. The highest BCUT2D eigenvalue weighted by molar-refractivity contribution is 5.85. The highest BCUT2D eigenvalue weighted by Gasteiger charge is 2.23. The fourth-order valence-electron chi connectivity index (χ4n) is 2.61. The summed E-state index contributed by atoms with van der Waals surface area (Å²) < 4.78 is 5.26. The molecule has 0 saturated heterocycles. The SMILES string of the molecule is CC(C)C(=O)N1CCc2ccc(NC(=O)OC(C)(C)C)cc2C1. The first-order valence-corrected chi connectivity index (χ1v) is 8.06. The standard InChI is InChI=1S/C18H26N2O3/c1-12(2)16(21)20-9-8-13-6-7-15(10-14(13)11-20)19-17(22)23-18(3,4)5/h6-7,10,12H,8-9,11H2,1-5H3,(H,19,22). The van der Waals surface area contributed by atoms with Crippen LogP contribution in [0.5, 0.6) is 0 Å². The third kappa shape index (κ3) is 4.71. The van der Waals surface area contributed by atoms with Gasteiger partial charge in [-0.15, -0.1) is 0 Å². The van der Waals surface area contributed by atoms with Gasteiger partial charge in [-0.3, -0.25) is 10.1 Å². The molecule has 1 aromatic carbocycles. The van der Waals surface area contributed by atoms with Crippen molar-refractivity contribution in [2.24, 2.45) is 5.92 Å². The van der Waals surface area contributed by atoms with Gasteiger partial charge in [0.2, 0.25) is 5.91 Å². The second-order valence-corrected chi connectivity index (χ2v) is 7.27. The molecule has 23 heavy (non-hydrogen) atoms. The van der Waals surface area contributed by atoms with E-state index in [0.717, 1.165) is 18.5 Å². The van der Waals surface area contributed by atoms with Gasteiger partial charge in [-0.05, 0) is 50.5 Å². The van der Waals surface area contributed by atoms with E-state index >= 15 is 0 Å². The van der Waals surface area contributed by atoms with Crippen LogP contribution in [-0.4, -0.2) is 29.0 Å². The van der Waals surface area contributed by atoms with Crippen molar-refractivity contribution in [3.63, 3.8) is 0 Å². The van der Waals surface area contributed by atoms with Gasteiger partial charge < -0.3 is 9.64 Å². The summed E-state index contributed by atoms with van der Waals surface area (Å²) in [6.07, 6.45) is 0.379. The van der Waals surface area contributed by atoms with E-state index in [1.165, 1.54) is 5.56 Å². The molecular weight excluding hydrogens is 292 g/mol. The number of amides is 2. The number of hydrogen-bond donors (Lipinski definition) is 1. The summed E-state index contributed by atoms with van der Waals surface area (Å²) in [5.74, 6) is 0.167. The molecule has 0 aromatic heterocycles. The second kappa shape index (κ2) is 6.60. The summed E-state index contributed by atoms with van der Waals surface area (Å²) >= 11 is 0. The molecule has 1 heterocycles. The van der Waals surface area contributed by atoms with Crippen LogP contribution in [0.25, 0.3) is 0 Å². The smallest absolute Gasteiger partial charge is 0.412 e. The van der Waals surface area contributed by atoms with Crippen LogP contribution in [0.15, 0.2) is 18.2 Å². The zero-order chi connectivity index (χ0) is 17.2. The van der Waals surface area contributed by atoms with Gasteiger partial charge in [0, 0.05) is 24.7 Å². The lowest BCUT2D eigenvalue weighted by atomic mass is 9.98. The number of fused-ring (bicyclic) bond motifs is 1. The number of rotatable bonds is 2. The van der Waals surface area contributed by atoms with Crippen molar-refractivity contribution in [3.05, 3.63) is 29.3 Å². The van der Waals surface area contributed by atoms with E-state index in [2.05, 4.69) is 5.32 Å². The van der Waals surface area contributed by atoms with E-state index in [-0.39, 0.29) is 11.8 Å². The average Bonchev–Trinajstić information content (AvgIpc) is 2.43. The number of anilines is 1. The Morgan fingerprint density at radius 3 is 2.52 bits per heavy atom. The molecule has 0 unspecified atom stereocenters. The number of ether oxygens (including phenoxy) is 1. The fraction of sp³-hybridized carbons (Fsp3) is 0.556. The van der Waals surface area contributed by atoms with Gasteiger partial charge >= 0.3 is 6.09 Å². The van der Waals surface area contributed by atoms with E-state index < -0.39 is 11.7 Å². The van der Waals surface area contributed by atoms with E-state index in [0.29, 0.717) is 12.2 Å². The van der Waals surface area contributed by atoms with Crippen LogP contribution in [0.4, 0.5) is 10.5 Å². The molecule has 2 amide bonds. The third-order valence-electron chi connectivity index (χ3n) is 3.67. The summed E-state index contributed by atoms with van der Waals surface area (Å²) in [5.41, 5.74) is 2.47. The topological polar surface area (TPSA) is 58.6 Å². The Morgan fingerprint density at radius 2 is 1.91 bits per heavy atom. The number of benzene rings is 1. The Morgan fingerprint density at radius 1 is 1.22 bits per heavy atom. The van der Waals surface area contributed by atoms with Crippen LogP contribution >= 0.6 is 0 Å². The van der Waals surface area contributed by atoms with Crippen LogP contribution in [0, 0.1) is 5.92 Å². The average molecular weight is 318 g/mol. The van der Waals surface area contributed by atoms with Gasteiger partial charge in [-0.2, -0.15) is 0 Å². The van der Waals surface area contributed by atoms with Crippen molar-refractivity contribution in [1.29, 1.82) is 0 Å². The minimum Gasteiger partial charge on any atom is -0.444 e. The highest BCUT2D eigenvalue weighted by atomic mass is 16.6. The van der Waals surface area contributed by atoms with Crippen LogP contribution in [0.3, 0.4) is 0 Å². The fourth-order valence-corrected chi connectivity index (χ4v) is 2.61. The number of carbonyl (C=O) groups excluding carboxylic acids is 2. The number of carbonyl (C=O) groups is 2. The summed E-state index contributed by atoms with van der Waals surface area (Å²) in [6, 6.07) is 5.82. The number of nitrogens with one attached hydrogen (secondary N) is 1. The minimum atomic E-state index is -0.529. The molecule has 1 aliphatic heterocycles. The molecule has 0 radical (unpaired) electrons. The zero-order valence-electron chi connectivity index (χ0n) is 14.6. The van der Waals surface area contributed by atoms with Crippen molar-refractivity contribution < 1.29 is 14.3 Å². The molecule has 0 aliphatic carbocycles. The van der Waals surface area contributed by atoms with Crippen molar-refractivity contribution in [2.75, 3.05) is 11.9 Å². The van der Waals surface area contributed by atoms with Crippen LogP contribution in [0.2, 0.25) is 0 Å². The second-order valence-electron chi connectivity index (χ2n) is 7.27.